The van der Waals surface area contributed by atoms with Crippen molar-refractivity contribution in [2.75, 3.05) is 0 Å². The standard InChI is InChI=1S/C22H16N2O8/c1-13-11-17(23(27)28)7-9-19(13)31-21(25)15-3-5-16(6-4-15)22(26)32-20-10-8-18(24(29)30)12-14(20)2/h3-12H,1-2H3. The minimum atomic E-state index is -0.701. The van der Waals surface area contributed by atoms with Crippen LogP contribution in [0.25, 0.3) is 0 Å². The second kappa shape index (κ2) is 9.04. The Bertz CT molecular complexity index is 1140. The first kappa shape index (κ1) is 22.1. The molecule has 0 aliphatic carbocycles. The van der Waals surface area contributed by atoms with Gasteiger partial charge in [-0.3, -0.25) is 20.2 Å². The number of esters is 2. The molecule has 0 bridgehead atoms. The Morgan fingerprint density at radius 2 is 1.00 bits per heavy atom. The van der Waals surface area contributed by atoms with Crippen molar-refractivity contribution in [2.24, 2.45) is 0 Å². The summed E-state index contributed by atoms with van der Waals surface area (Å²) in [6.45, 7) is 3.16. The summed E-state index contributed by atoms with van der Waals surface area (Å²) in [4.78, 5) is 45.2. The van der Waals surface area contributed by atoms with Crippen molar-refractivity contribution in [3.8, 4) is 11.5 Å². The molecule has 0 aliphatic rings. The van der Waals surface area contributed by atoms with Gasteiger partial charge in [0.15, 0.2) is 0 Å². The van der Waals surface area contributed by atoms with Crippen LogP contribution in [-0.2, 0) is 0 Å². The van der Waals surface area contributed by atoms with Gasteiger partial charge in [0.1, 0.15) is 11.5 Å². The van der Waals surface area contributed by atoms with Gasteiger partial charge in [0.05, 0.1) is 21.0 Å². The average Bonchev–Trinajstić information content (AvgIpc) is 2.76. The van der Waals surface area contributed by atoms with Gasteiger partial charge < -0.3 is 9.47 Å². The molecule has 0 fully saturated rings. The molecule has 162 valence electrons. The molecular formula is C22H16N2O8. The van der Waals surface area contributed by atoms with Crippen LogP contribution in [-0.4, -0.2) is 21.8 Å². The minimum Gasteiger partial charge on any atom is -0.423 e. The molecule has 0 unspecified atom stereocenters. The van der Waals surface area contributed by atoms with Crippen molar-refractivity contribution in [3.63, 3.8) is 0 Å². The summed E-state index contributed by atoms with van der Waals surface area (Å²) >= 11 is 0. The number of carbonyl (C=O) groups is 2. The highest BCUT2D eigenvalue weighted by atomic mass is 16.6. The molecule has 3 rings (SSSR count). The van der Waals surface area contributed by atoms with E-state index in [9.17, 15) is 29.8 Å². The fourth-order valence-electron chi connectivity index (χ4n) is 2.78. The lowest BCUT2D eigenvalue weighted by Crippen LogP contribution is -2.12. The fourth-order valence-corrected chi connectivity index (χ4v) is 2.78. The normalized spacial score (nSPS) is 10.3. The van der Waals surface area contributed by atoms with Crippen molar-refractivity contribution >= 4 is 23.3 Å². The van der Waals surface area contributed by atoms with E-state index in [0.29, 0.717) is 11.1 Å². The van der Waals surface area contributed by atoms with Crippen LogP contribution in [0.4, 0.5) is 11.4 Å². The zero-order chi connectivity index (χ0) is 23.4. The molecule has 0 N–H and O–H groups in total. The zero-order valence-corrected chi connectivity index (χ0v) is 16.9. The van der Waals surface area contributed by atoms with E-state index in [4.69, 9.17) is 9.47 Å². The SMILES string of the molecule is Cc1cc([N+](=O)[O-])ccc1OC(=O)c1ccc(C(=O)Oc2ccc([N+](=O)[O-])cc2C)cc1. The Morgan fingerprint density at radius 3 is 1.28 bits per heavy atom. The fraction of sp³-hybridized carbons (Fsp3) is 0.0909. The Labute approximate surface area is 181 Å². The van der Waals surface area contributed by atoms with Crippen molar-refractivity contribution in [1.29, 1.82) is 0 Å². The van der Waals surface area contributed by atoms with E-state index in [-0.39, 0.29) is 34.0 Å². The number of non-ortho nitro benzene ring substituents is 2. The second-order valence-electron chi connectivity index (χ2n) is 6.77. The molecule has 0 heterocycles. The Morgan fingerprint density at radius 1 is 0.656 bits per heavy atom. The maximum absolute atomic E-state index is 12.4. The highest BCUT2D eigenvalue weighted by molar-refractivity contribution is 5.95. The van der Waals surface area contributed by atoms with Crippen LogP contribution >= 0.6 is 0 Å². The number of rotatable bonds is 6. The molecule has 0 saturated carbocycles. The van der Waals surface area contributed by atoms with E-state index < -0.39 is 21.8 Å². The lowest BCUT2D eigenvalue weighted by molar-refractivity contribution is -0.385. The largest absolute Gasteiger partial charge is 0.423 e. The molecule has 0 aliphatic heterocycles. The van der Waals surface area contributed by atoms with Crippen molar-refractivity contribution in [2.45, 2.75) is 13.8 Å². The van der Waals surface area contributed by atoms with E-state index in [1.807, 2.05) is 0 Å². The summed E-state index contributed by atoms with van der Waals surface area (Å²) < 4.78 is 10.6. The summed E-state index contributed by atoms with van der Waals surface area (Å²) in [6, 6.07) is 13.2. The number of nitro groups is 2. The van der Waals surface area contributed by atoms with Gasteiger partial charge in [0.2, 0.25) is 0 Å². The van der Waals surface area contributed by atoms with Crippen molar-refractivity contribution in [3.05, 3.63) is 103 Å². The number of hydrogen-bond acceptors (Lipinski definition) is 8. The van der Waals surface area contributed by atoms with Crippen LogP contribution in [0.3, 0.4) is 0 Å². The van der Waals surface area contributed by atoms with Gasteiger partial charge in [-0.15, -0.1) is 0 Å². The summed E-state index contributed by atoms with van der Waals surface area (Å²) in [7, 11) is 0. The monoisotopic (exact) mass is 436 g/mol. The van der Waals surface area contributed by atoms with Crippen LogP contribution in [0.2, 0.25) is 0 Å². The molecule has 0 amide bonds. The molecule has 10 heteroatoms. The number of ether oxygens (including phenoxy) is 2. The van der Waals surface area contributed by atoms with Crippen LogP contribution < -0.4 is 9.47 Å². The van der Waals surface area contributed by atoms with Crippen LogP contribution in [0.15, 0.2) is 60.7 Å². The molecule has 32 heavy (non-hydrogen) atoms. The summed E-state index contributed by atoms with van der Waals surface area (Å²) in [5, 5.41) is 21.6. The lowest BCUT2D eigenvalue weighted by Gasteiger charge is -2.09. The van der Waals surface area contributed by atoms with Crippen LogP contribution in [0, 0.1) is 34.1 Å². The Kier molecular flexibility index (Phi) is 6.24. The third-order valence-electron chi connectivity index (χ3n) is 4.50. The predicted molar refractivity (Wildman–Crippen MR) is 112 cm³/mol. The van der Waals surface area contributed by atoms with E-state index >= 15 is 0 Å². The predicted octanol–water partition coefficient (Wildman–Crippen LogP) is 4.56. The van der Waals surface area contributed by atoms with Crippen LogP contribution in [0.1, 0.15) is 31.8 Å². The molecule has 3 aromatic carbocycles. The molecule has 0 radical (unpaired) electrons. The topological polar surface area (TPSA) is 139 Å². The van der Waals surface area contributed by atoms with Gasteiger partial charge in [-0.05, 0) is 61.4 Å². The molecule has 10 nitrogen and oxygen atoms in total. The van der Waals surface area contributed by atoms with Crippen molar-refractivity contribution in [1.82, 2.24) is 0 Å². The second-order valence-corrected chi connectivity index (χ2v) is 6.77. The maximum atomic E-state index is 12.4. The quantitative estimate of drug-likeness (QED) is 0.237. The molecule has 0 saturated heterocycles. The highest BCUT2D eigenvalue weighted by Gasteiger charge is 2.16. The van der Waals surface area contributed by atoms with Gasteiger partial charge in [0, 0.05) is 24.3 Å². The van der Waals surface area contributed by atoms with Crippen LogP contribution in [0.5, 0.6) is 11.5 Å². The van der Waals surface area contributed by atoms with Crippen molar-refractivity contribution < 1.29 is 28.9 Å². The first-order valence-corrected chi connectivity index (χ1v) is 9.20. The molecule has 0 atom stereocenters. The molecule has 0 aromatic heterocycles. The number of benzene rings is 3. The molecular weight excluding hydrogens is 420 g/mol. The number of carbonyl (C=O) groups excluding carboxylic acids is 2. The van der Waals surface area contributed by atoms with Gasteiger partial charge in [0.25, 0.3) is 11.4 Å². The Balaban J connectivity index is 1.69. The van der Waals surface area contributed by atoms with E-state index in [1.54, 1.807) is 13.8 Å². The van der Waals surface area contributed by atoms with Gasteiger partial charge >= 0.3 is 11.9 Å². The highest BCUT2D eigenvalue weighted by Crippen LogP contribution is 2.25. The minimum absolute atomic E-state index is 0.117. The van der Waals surface area contributed by atoms with E-state index in [0.717, 1.165) is 0 Å². The maximum Gasteiger partial charge on any atom is 0.343 e. The van der Waals surface area contributed by atoms with Gasteiger partial charge in [-0.1, -0.05) is 0 Å². The van der Waals surface area contributed by atoms with E-state index in [2.05, 4.69) is 0 Å². The number of nitro benzene ring substituents is 2. The summed E-state index contributed by atoms with van der Waals surface area (Å²) in [5.41, 5.74) is 0.927. The summed E-state index contributed by atoms with van der Waals surface area (Å²) in [6.07, 6.45) is 0. The summed E-state index contributed by atoms with van der Waals surface area (Å²) in [5.74, 6) is -1.04. The van der Waals surface area contributed by atoms with Gasteiger partial charge in [-0.25, -0.2) is 9.59 Å². The average molecular weight is 436 g/mol. The lowest BCUT2D eigenvalue weighted by atomic mass is 10.1. The molecule has 3 aromatic rings. The number of nitrogens with zero attached hydrogens (tertiary/aromatic N) is 2. The Hall–Kier alpha value is -4.60. The smallest absolute Gasteiger partial charge is 0.343 e. The van der Waals surface area contributed by atoms with E-state index in [1.165, 1.54) is 60.7 Å². The third-order valence-corrected chi connectivity index (χ3v) is 4.50. The zero-order valence-electron chi connectivity index (χ0n) is 16.9. The number of hydrogen-bond donors (Lipinski definition) is 0. The first-order valence-electron chi connectivity index (χ1n) is 9.20. The molecule has 0 spiro atoms. The van der Waals surface area contributed by atoms with Gasteiger partial charge in [-0.2, -0.15) is 0 Å². The number of aryl methyl sites for hydroxylation is 2. The first-order chi connectivity index (χ1) is 15.2. The third kappa shape index (κ3) is 4.93.